The van der Waals surface area contributed by atoms with E-state index in [0.717, 1.165) is 43.3 Å². The third-order valence-corrected chi connectivity index (χ3v) is 4.85. The summed E-state index contributed by atoms with van der Waals surface area (Å²) in [6, 6.07) is 14.9. The Hall–Kier alpha value is -2.66. The smallest absolute Gasteiger partial charge is 0.262 e. The van der Waals surface area contributed by atoms with Gasteiger partial charge in [0.1, 0.15) is 5.75 Å². The summed E-state index contributed by atoms with van der Waals surface area (Å²) < 4.78 is 5.52. The van der Waals surface area contributed by atoms with E-state index >= 15 is 0 Å². The Labute approximate surface area is 165 Å². The predicted molar refractivity (Wildman–Crippen MR) is 111 cm³/mol. The molecule has 0 saturated carbocycles. The third kappa shape index (κ3) is 4.95. The Morgan fingerprint density at radius 1 is 1.11 bits per heavy atom. The number of carbonyl (C=O) groups excluding carboxylic acids is 1. The lowest BCUT2D eigenvalue weighted by Gasteiger charge is -2.38. The number of hydrogen-bond donors (Lipinski definition) is 1. The zero-order valence-corrected chi connectivity index (χ0v) is 16.2. The van der Waals surface area contributed by atoms with Gasteiger partial charge in [-0.2, -0.15) is 0 Å². The molecule has 1 fully saturated rings. The maximum Gasteiger partial charge on any atom is 0.262 e. The Balaban J connectivity index is 1.61. The van der Waals surface area contributed by atoms with Crippen molar-refractivity contribution >= 4 is 28.9 Å². The summed E-state index contributed by atoms with van der Waals surface area (Å²) in [6.45, 7) is 9.56. The molecule has 27 heavy (non-hydrogen) atoms. The summed E-state index contributed by atoms with van der Waals surface area (Å²) >= 11 is 6.06. The molecular formula is C21H24ClN3O2. The first-order valence-corrected chi connectivity index (χ1v) is 9.34. The quantitative estimate of drug-likeness (QED) is 0.815. The largest absolute Gasteiger partial charge is 0.482 e. The van der Waals surface area contributed by atoms with Crippen molar-refractivity contribution in [2.75, 3.05) is 43.0 Å². The molecule has 1 heterocycles. The number of piperazine rings is 1. The maximum atomic E-state index is 12.4. The van der Waals surface area contributed by atoms with Crippen LogP contribution < -0.4 is 15.0 Å². The number of para-hydroxylation sites is 3. The van der Waals surface area contributed by atoms with Gasteiger partial charge in [-0.3, -0.25) is 4.79 Å². The first-order chi connectivity index (χ1) is 13.0. The molecule has 142 valence electrons. The van der Waals surface area contributed by atoms with Gasteiger partial charge in [-0.15, -0.1) is 0 Å². The van der Waals surface area contributed by atoms with Crippen LogP contribution in [0, 0.1) is 0 Å². The molecule has 0 atom stereocenters. The van der Waals surface area contributed by atoms with Crippen molar-refractivity contribution in [3.05, 3.63) is 65.8 Å². The summed E-state index contributed by atoms with van der Waals surface area (Å²) in [7, 11) is 0. The summed E-state index contributed by atoms with van der Waals surface area (Å²) in [6.07, 6.45) is 0. The topological polar surface area (TPSA) is 44.8 Å². The van der Waals surface area contributed by atoms with Crippen molar-refractivity contribution in [1.29, 1.82) is 0 Å². The highest BCUT2D eigenvalue weighted by Crippen LogP contribution is 2.27. The standard InChI is InChI=1S/C21H24ClN3O2/c1-16(2)24-11-13-25(14-12-24)19-9-5-4-8-18(19)23-21(26)15-27-20-10-6-3-7-17(20)22/h3-10H,1,11-15H2,2H3,(H,23,26). The molecule has 1 N–H and O–H groups in total. The number of benzene rings is 2. The molecule has 3 rings (SSSR count). The third-order valence-electron chi connectivity index (χ3n) is 4.53. The minimum absolute atomic E-state index is 0.0957. The van der Waals surface area contributed by atoms with Gasteiger partial charge in [0.15, 0.2) is 6.61 Å². The van der Waals surface area contributed by atoms with Crippen LogP contribution in [0.5, 0.6) is 5.75 Å². The summed E-state index contributed by atoms with van der Waals surface area (Å²) in [5.41, 5.74) is 2.90. The molecule has 0 radical (unpaired) electrons. The zero-order valence-electron chi connectivity index (χ0n) is 15.5. The van der Waals surface area contributed by atoms with E-state index in [9.17, 15) is 4.79 Å². The van der Waals surface area contributed by atoms with Crippen LogP contribution in [0.4, 0.5) is 11.4 Å². The molecule has 0 unspecified atom stereocenters. The van der Waals surface area contributed by atoms with E-state index in [-0.39, 0.29) is 12.5 Å². The average Bonchev–Trinajstić information content (AvgIpc) is 2.68. The van der Waals surface area contributed by atoms with Crippen LogP contribution >= 0.6 is 11.6 Å². The van der Waals surface area contributed by atoms with Crippen LogP contribution in [0.3, 0.4) is 0 Å². The Kier molecular flexibility index (Phi) is 6.24. The first-order valence-electron chi connectivity index (χ1n) is 8.96. The molecule has 0 bridgehead atoms. The molecule has 0 aliphatic carbocycles. The lowest BCUT2D eigenvalue weighted by atomic mass is 10.2. The molecule has 1 saturated heterocycles. The minimum atomic E-state index is -0.219. The molecular weight excluding hydrogens is 362 g/mol. The molecule has 0 spiro atoms. The average molecular weight is 386 g/mol. The van der Waals surface area contributed by atoms with E-state index < -0.39 is 0 Å². The van der Waals surface area contributed by atoms with Gasteiger partial charge in [0.05, 0.1) is 16.4 Å². The summed E-state index contributed by atoms with van der Waals surface area (Å²) in [4.78, 5) is 16.9. The van der Waals surface area contributed by atoms with Gasteiger partial charge < -0.3 is 19.9 Å². The fourth-order valence-corrected chi connectivity index (χ4v) is 3.27. The van der Waals surface area contributed by atoms with Crippen molar-refractivity contribution in [1.82, 2.24) is 4.90 Å². The van der Waals surface area contributed by atoms with Crippen LogP contribution in [-0.4, -0.2) is 43.6 Å². The Bertz CT molecular complexity index is 817. The molecule has 2 aromatic carbocycles. The normalized spacial score (nSPS) is 14.0. The first kappa shape index (κ1) is 19.1. The fraction of sp³-hybridized carbons (Fsp3) is 0.286. The van der Waals surface area contributed by atoms with Gasteiger partial charge in [-0.25, -0.2) is 0 Å². The number of nitrogens with one attached hydrogen (secondary N) is 1. The van der Waals surface area contributed by atoms with Gasteiger partial charge >= 0.3 is 0 Å². The molecule has 1 amide bonds. The number of anilines is 2. The number of halogens is 1. The number of amides is 1. The number of allylic oxidation sites excluding steroid dienone is 1. The van der Waals surface area contributed by atoms with E-state index in [1.54, 1.807) is 12.1 Å². The number of nitrogens with zero attached hydrogens (tertiary/aromatic N) is 2. The van der Waals surface area contributed by atoms with Gasteiger partial charge in [0, 0.05) is 31.9 Å². The van der Waals surface area contributed by atoms with E-state index in [1.807, 2.05) is 43.3 Å². The molecule has 5 nitrogen and oxygen atoms in total. The number of carbonyl (C=O) groups is 1. The molecule has 2 aromatic rings. The monoisotopic (exact) mass is 385 g/mol. The minimum Gasteiger partial charge on any atom is -0.482 e. The Morgan fingerprint density at radius 3 is 2.48 bits per heavy atom. The highest BCUT2D eigenvalue weighted by atomic mass is 35.5. The molecule has 1 aliphatic heterocycles. The van der Waals surface area contributed by atoms with Gasteiger partial charge in [-0.05, 0) is 31.2 Å². The van der Waals surface area contributed by atoms with E-state index in [0.29, 0.717) is 10.8 Å². The molecule has 0 aromatic heterocycles. The van der Waals surface area contributed by atoms with E-state index in [1.165, 1.54) is 0 Å². The van der Waals surface area contributed by atoms with Crippen molar-refractivity contribution in [3.63, 3.8) is 0 Å². The number of hydrogen-bond acceptors (Lipinski definition) is 4. The summed E-state index contributed by atoms with van der Waals surface area (Å²) in [5.74, 6) is 0.279. The number of ether oxygens (including phenoxy) is 1. The van der Waals surface area contributed by atoms with Gasteiger partial charge in [0.25, 0.3) is 5.91 Å². The SMILES string of the molecule is C=C(C)N1CCN(c2ccccc2NC(=O)COc2ccccc2Cl)CC1. The second-order valence-electron chi connectivity index (χ2n) is 6.49. The van der Waals surface area contributed by atoms with Crippen LogP contribution in [0.1, 0.15) is 6.92 Å². The highest BCUT2D eigenvalue weighted by Gasteiger charge is 2.19. The maximum absolute atomic E-state index is 12.4. The van der Waals surface area contributed by atoms with Crippen molar-refractivity contribution in [2.24, 2.45) is 0 Å². The molecule has 1 aliphatic rings. The highest BCUT2D eigenvalue weighted by molar-refractivity contribution is 6.32. The van der Waals surface area contributed by atoms with Crippen molar-refractivity contribution in [2.45, 2.75) is 6.92 Å². The van der Waals surface area contributed by atoms with Crippen LogP contribution in [0.2, 0.25) is 5.02 Å². The van der Waals surface area contributed by atoms with Gasteiger partial charge in [-0.1, -0.05) is 42.4 Å². The van der Waals surface area contributed by atoms with E-state index in [4.69, 9.17) is 16.3 Å². The zero-order chi connectivity index (χ0) is 19.2. The lowest BCUT2D eigenvalue weighted by Crippen LogP contribution is -2.45. The second-order valence-corrected chi connectivity index (χ2v) is 6.90. The summed E-state index contributed by atoms with van der Waals surface area (Å²) in [5, 5.41) is 3.44. The lowest BCUT2D eigenvalue weighted by molar-refractivity contribution is -0.118. The van der Waals surface area contributed by atoms with E-state index in [2.05, 4.69) is 21.7 Å². The van der Waals surface area contributed by atoms with Crippen LogP contribution in [-0.2, 0) is 4.79 Å². The molecule has 6 heteroatoms. The fourth-order valence-electron chi connectivity index (χ4n) is 3.08. The van der Waals surface area contributed by atoms with Crippen molar-refractivity contribution in [3.8, 4) is 5.75 Å². The van der Waals surface area contributed by atoms with Gasteiger partial charge in [0.2, 0.25) is 0 Å². The Morgan fingerprint density at radius 2 is 1.78 bits per heavy atom. The predicted octanol–water partition coefficient (Wildman–Crippen LogP) is 4.01. The van der Waals surface area contributed by atoms with Crippen LogP contribution in [0.15, 0.2) is 60.8 Å². The van der Waals surface area contributed by atoms with Crippen molar-refractivity contribution < 1.29 is 9.53 Å². The second kappa shape index (κ2) is 8.82. The number of rotatable bonds is 6. The van der Waals surface area contributed by atoms with Crippen LogP contribution in [0.25, 0.3) is 0 Å².